The lowest BCUT2D eigenvalue weighted by Crippen LogP contribution is -2.03. The molecule has 1 aromatic carbocycles. The predicted molar refractivity (Wildman–Crippen MR) is 67.0 cm³/mol. The average Bonchev–Trinajstić information content (AvgIpc) is 3.19. The molecule has 0 aliphatic heterocycles. The molecule has 0 spiro atoms. The number of rotatable bonds is 3. The van der Waals surface area contributed by atoms with Crippen LogP contribution in [0, 0.1) is 10.1 Å². The fourth-order valence-electron chi connectivity index (χ4n) is 1.30. The number of nitro benzene ring substituents is 1. The molecule has 0 aromatic heterocycles. The first-order valence-electron chi connectivity index (χ1n) is 5.92. The number of benzene rings is 1. The van der Waals surface area contributed by atoms with Crippen molar-refractivity contribution in [2.24, 2.45) is 5.73 Å². The molecule has 0 unspecified atom stereocenters. The van der Waals surface area contributed by atoms with E-state index in [1.54, 1.807) is 18.2 Å². The Balaban J connectivity index is 0.000000228. The van der Waals surface area contributed by atoms with E-state index < -0.39 is 0 Å². The molecule has 1 aromatic rings. The molecule has 3 N–H and O–H groups in total. The Hall–Kier alpha value is -1.62. The fraction of sp³-hybridized carbons (Fsp3) is 0.500. The minimum atomic E-state index is -0.356. The molecule has 2 fully saturated rings. The second-order valence-electron chi connectivity index (χ2n) is 4.53. The van der Waals surface area contributed by atoms with Gasteiger partial charge < -0.3 is 11.1 Å². The van der Waals surface area contributed by atoms with Crippen LogP contribution in [-0.2, 0) is 0 Å². The summed E-state index contributed by atoms with van der Waals surface area (Å²) in [5.74, 6) is 0. The van der Waals surface area contributed by atoms with Crippen molar-refractivity contribution in [2.45, 2.75) is 37.8 Å². The van der Waals surface area contributed by atoms with Gasteiger partial charge in [0.05, 0.1) is 4.92 Å². The van der Waals surface area contributed by atoms with Crippen molar-refractivity contribution < 1.29 is 4.92 Å². The van der Waals surface area contributed by atoms with Gasteiger partial charge in [0.15, 0.2) is 0 Å². The topological polar surface area (TPSA) is 81.2 Å². The lowest BCUT2D eigenvalue weighted by atomic mass is 10.2. The Kier molecular flexibility index (Phi) is 3.58. The van der Waals surface area contributed by atoms with Gasteiger partial charge in [-0.15, -0.1) is 0 Å². The zero-order valence-electron chi connectivity index (χ0n) is 9.63. The van der Waals surface area contributed by atoms with Crippen LogP contribution >= 0.6 is 0 Å². The second kappa shape index (κ2) is 5.14. The molecule has 0 atom stereocenters. The van der Waals surface area contributed by atoms with E-state index in [-0.39, 0.29) is 10.6 Å². The highest BCUT2D eigenvalue weighted by Crippen LogP contribution is 2.30. The van der Waals surface area contributed by atoms with Gasteiger partial charge in [-0.2, -0.15) is 0 Å². The minimum absolute atomic E-state index is 0.161. The van der Waals surface area contributed by atoms with Crippen molar-refractivity contribution in [1.82, 2.24) is 0 Å². The van der Waals surface area contributed by atoms with Gasteiger partial charge in [-0.25, -0.2) is 0 Å². The highest BCUT2D eigenvalue weighted by molar-refractivity contribution is 5.61. The van der Waals surface area contributed by atoms with Crippen LogP contribution in [-0.4, -0.2) is 17.0 Å². The SMILES string of the molecule is NC1CC1.O=[N+]([O-])c1ccccc1NC1CC1. The molecule has 2 aliphatic rings. The molecule has 5 heteroatoms. The third kappa shape index (κ3) is 4.03. The Morgan fingerprint density at radius 1 is 1.24 bits per heavy atom. The maximum atomic E-state index is 10.6. The monoisotopic (exact) mass is 235 g/mol. The largest absolute Gasteiger partial charge is 0.377 e. The molecule has 5 nitrogen and oxygen atoms in total. The molecule has 2 aliphatic carbocycles. The zero-order chi connectivity index (χ0) is 12.3. The second-order valence-corrected chi connectivity index (χ2v) is 4.53. The maximum Gasteiger partial charge on any atom is 0.292 e. The fourth-order valence-corrected chi connectivity index (χ4v) is 1.30. The first-order valence-corrected chi connectivity index (χ1v) is 5.92. The first kappa shape index (κ1) is 11.9. The van der Waals surface area contributed by atoms with Crippen molar-refractivity contribution in [3.63, 3.8) is 0 Å². The average molecular weight is 235 g/mol. The van der Waals surface area contributed by atoms with E-state index in [1.165, 1.54) is 18.9 Å². The molecule has 0 heterocycles. The summed E-state index contributed by atoms with van der Waals surface area (Å²) in [6.45, 7) is 0. The smallest absolute Gasteiger partial charge is 0.292 e. The number of nitrogens with zero attached hydrogens (tertiary/aromatic N) is 1. The highest BCUT2D eigenvalue weighted by Gasteiger charge is 2.24. The van der Waals surface area contributed by atoms with Crippen molar-refractivity contribution in [3.05, 3.63) is 34.4 Å². The van der Waals surface area contributed by atoms with Crippen molar-refractivity contribution >= 4 is 11.4 Å². The Morgan fingerprint density at radius 2 is 1.82 bits per heavy atom. The van der Waals surface area contributed by atoms with Crippen molar-refractivity contribution in [2.75, 3.05) is 5.32 Å². The third-order valence-electron chi connectivity index (χ3n) is 2.66. The van der Waals surface area contributed by atoms with Crippen LogP contribution < -0.4 is 11.1 Å². The van der Waals surface area contributed by atoms with E-state index in [1.807, 2.05) is 0 Å². The van der Waals surface area contributed by atoms with Crippen molar-refractivity contribution in [1.29, 1.82) is 0 Å². The number of nitrogens with two attached hydrogens (primary N) is 1. The molecule has 92 valence electrons. The molecular formula is C12H17N3O2. The van der Waals surface area contributed by atoms with E-state index in [4.69, 9.17) is 5.73 Å². The van der Waals surface area contributed by atoms with Crippen LogP contribution in [0.2, 0.25) is 0 Å². The standard InChI is InChI=1S/C9H10N2O2.C3H7N/c12-11(13)9-4-2-1-3-8(9)10-7-5-6-7;4-3-1-2-3/h1-4,7,10H,5-6H2;3H,1-2,4H2. The number of anilines is 1. The van der Waals surface area contributed by atoms with Crippen LogP contribution in [0.4, 0.5) is 11.4 Å². The van der Waals surface area contributed by atoms with E-state index in [0.717, 1.165) is 12.8 Å². The van der Waals surface area contributed by atoms with Crippen LogP contribution in [0.1, 0.15) is 25.7 Å². The summed E-state index contributed by atoms with van der Waals surface area (Å²) in [7, 11) is 0. The van der Waals surface area contributed by atoms with E-state index in [0.29, 0.717) is 17.8 Å². The summed E-state index contributed by atoms with van der Waals surface area (Å²) >= 11 is 0. The third-order valence-corrected chi connectivity index (χ3v) is 2.66. The summed E-state index contributed by atoms with van der Waals surface area (Å²) in [4.78, 5) is 10.2. The number of hydrogen-bond donors (Lipinski definition) is 2. The minimum Gasteiger partial charge on any atom is -0.377 e. The van der Waals surface area contributed by atoms with Gasteiger partial charge in [0.2, 0.25) is 0 Å². The van der Waals surface area contributed by atoms with Crippen LogP contribution in [0.5, 0.6) is 0 Å². The van der Waals surface area contributed by atoms with Gasteiger partial charge in [0.25, 0.3) is 5.69 Å². The molecule has 0 bridgehead atoms. The summed E-state index contributed by atoms with van der Waals surface area (Å²) in [5, 5.41) is 13.7. The summed E-state index contributed by atoms with van der Waals surface area (Å²) < 4.78 is 0. The normalized spacial score (nSPS) is 17.9. The Labute approximate surface area is 100 Å². The predicted octanol–water partition coefficient (Wildman–Crippen LogP) is 2.28. The Bertz CT molecular complexity index is 400. The Morgan fingerprint density at radius 3 is 2.29 bits per heavy atom. The lowest BCUT2D eigenvalue weighted by Gasteiger charge is -2.03. The van der Waals surface area contributed by atoms with Crippen LogP contribution in [0.25, 0.3) is 0 Å². The van der Waals surface area contributed by atoms with Crippen LogP contribution in [0.3, 0.4) is 0 Å². The number of nitrogens with one attached hydrogen (secondary N) is 1. The van der Waals surface area contributed by atoms with Gasteiger partial charge in [0, 0.05) is 18.2 Å². The van der Waals surface area contributed by atoms with E-state index >= 15 is 0 Å². The van der Waals surface area contributed by atoms with Gasteiger partial charge in [-0.3, -0.25) is 10.1 Å². The van der Waals surface area contributed by atoms with Crippen LogP contribution in [0.15, 0.2) is 24.3 Å². The summed E-state index contributed by atoms with van der Waals surface area (Å²) in [5.41, 5.74) is 6.02. The molecule has 0 saturated heterocycles. The summed E-state index contributed by atoms with van der Waals surface area (Å²) in [6, 6.07) is 7.77. The summed E-state index contributed by atoms with van der Waals surface area (Å²) in [6.07, 6.45) is 4.76. The first-order chi connectivity index (χ1) is 8.16. The van der Waals surface area contributed by atoms with Gasteiger partial charge in [-0.05, 0) is 31.7 Å². The molecule has 3 rings (SSSR count). The highest BCUT2D eigenvalue weighted by atomic mass is 16.6. The maximum absolute atomic E-state index is 10.6. The van der Waals surface area contributed by atoms with Crippen molar-refractivity contribution in [3.8, 4) is 0 Å². The molecule has 2 saturated carbocycles. The lowest BCUT2D eigenvalue weighted by molar-refractivity contribution is -0.384. The van der Waals surface area contributed by atoms with E-state index in [9.17, 15) is 10.1 Å². The zero-order valence-corrected chi connectivity index (χ0v) is 9.63. The van der Waals surface area contributed by atoms with Gasteiger partial charge in [0.1, 0.15) is 5.69 Å². The quantitative estimate of drug-likeness (QED) is 0.622. The number of hydrogen-bond acceptors (Lipinski definition) is 4. The molecule has 17 heavy (non-hydrogen) atoms. The molecule has 0 amide bonds. The van der Waals surface area contributed by atoms with E-state index in [2.05, 4.69) is 5.32 Å². The molecular weight excluding hydrogens is 218 g/mol. The van der Waals surface area contributed by atoms with Gasteiger partial charge in [-0.1, -0.05) is 12.1 Å². The number of nitro groups is 1. The molecule has 0 radical (unpaired) electrons. The number of para-hydroxylation sites is 2. The van der Waals surface area contributed by atoms with Gasteiger partial charge >= 0.3 is 0 Å².